The van der Waals surface area contributed by atoms with Crippen molar-refractivity contribution in [2.24, 2.45) is 0 Å². The average Bonchev–Trinajstić information content (AvgIpc) is 2.80. The van der Waals surface area contributed by atoms with E-state index in [2.05, 4.69) is 27.5 Å². The number of alkyl halides is 3. The van der Waals surface area contributed by atoms with E-state index in [1.54, 1.807) is 24.3 Å². The lowest BCUT2D eigenvalue weighted by Crippen LogP contribution is -2.12. The second-order valence-electron chi connectivity index (χ2n) is 7.44. The lowest BCUT2D eigenvalue weighted by molar-refractivity contribution is -0.384. The minimum Gasteiger partial charge on any atom is -0.494 e. The molecule has 0 atom stereocenters. The summed E-state index contributed by atoms with van der Waals surface area (Å²) in [4.78, 5) is 17.9. The zero-order valence-corrected chi connectivity index (χ0v) is 18.4. The van der Waals surface area contributed by atoms with Crippen LogP contribution in [0, 0.1) is 10.1 Å². The largest absolute Gasteiger partial charge is 0.494 e. The van der Waals surface area contributed by atoms with Gasteiger partial charge in [0, 0.05) is 29.7 Å². The van der Waals surface area contributed by atoms with Crippen molar-refractivity contribution in [1.29, 1.82) is 0 Å². The van der Waals surface area contributed by atoms with Crippen LogP contribution in [0.1, 0.15) is 38.2 Å². The summed E-state index contributed by atoms with van der Waals surface area (Å²) in [7, 11) is 0. The van der Waals surface area contributed by atoms with E-state index < -0.39 is 22.5 Å². The van der Waals surface area contributed by atoms with Crippen molar-refractivity contribution in [1.82, 2.24) is 9.97 Å². The van der Waals surface area contributed by atoms with Crippen molar-refractivity contribution in [3.05, 3.63) is 70.4 Å². The summed E-state index contributed by atoms with van der Waals surface area (Å²) >= 11 is 0. The molecule has 2 aromatic carbocycles. The van der Waals surface area contributed by atoms with E-state index in [4.69, 9.17) is 4.74 Å². The van der Waals surface area contributed by atoms with E-state index in [1.807, 2.05) is 0 Å². The second-order valence-corrected chi connectivity index (χ2v) is 7.44. The number of halogens is 3. The van der Waals surface area contributed by atoms with Crippen LogP contribution in [-0.4, -0.2) is 21.5 Å². The quantitative estimate of drug-likeness (QED) is 0.178. The Labute approximate surface area is 194 Å². The van der Waals surface area contributed by atoms with Gasteiger partial charge in [-0.25, -0.2) is 4.98 Å². The number of hydrogen-bond donors (Lipinski definition) is 2. The van der Waals surface area contributed by atoms with Crippen LogP contribution in [0.2, 0.25) is 0 Å². The number of aromatic nitrogens is 2. The number of non-ortho nitro benzene ring substituents is 1. The average molecular weight is 475 g/mol. The Morgan fingerprint density at radius 1 is 0.971 bits per heavy atom. The fourth-order valence-corrected chi connectivity index (χ4v) is 3.03. The molecule has 0 aliphatic carbocycles. The maximum absolute atomic E-state index is 13.5. The number of rotatable bonds is 11. The Morgan fingerprint density at radius 2 is 1.62 bits per heavy atom. The molecule has 0 fully saturated rings. The van der Waals surface area contributed by atoms with Gasteiger partial charge in [-0.15, -0.1) is 0 Å². The number of nitrogens with one attached hydrogen (secondary N) is 2. The minimum atomic E-state index is -4.70. The van der Waals surface area contributed by atoms with Crippen LogP contribution >= 0.6 is 0 Å². The highest BCUT2D eigenvalue weighted by molar-refractivity contribution is 5.64. The van der Waals surface area contributed by atoms with Gasteiger partial charge < -0.3 is 15.4 Å². The van der Waals surface area contributed by atoms with Gasteiger partial charge in [-0.05, 0) is 42.8 Å². The third-order valence-corrected chi connectivity index (χ3v) is 4.81. The van der Waals surface area contributed by atoms with Crippen LogP contribution in [0.25, 0.3) is 0 Å². The molecular weight excluding hydrogens is 451 g/mol. The van der Waals surface area contributed by atoms with Crippen LogP contribution in [0.5, 0.6) is 5.75 Å². The highest BCUT2D eigenvalue weighted by atomic mass is 19.4. The van der Waals surface area contributed by atoms with E-state index in [9.17, 15) is 23.3 Å². The van der Waals surface area contributed by atoms with Crippen LogP contribution in [0.15, 0.2) is 54.7 Å². The molecule has 2 N–H and O–H groups in total. The zero-order chi connectivity index (χ0) is 24.6. The summed E-state index contributed by atoms with van der Waals surface area (Å²) in [6.07, 6.45) is 0.377. The molecule has 8 nitrogen and oxygen atoms in total. The summed E-state index contributed by atoms with van der Waals surface area (Å²) in [6.45, 7) is 2.76. The number of nitro groups is 1. The molecule has 0 spiro atoms. The first-order chi connectivity index (χ1) is 16.3. The van der Waals surface area contributed by atoms with Gasteiger partial charge in [0.25, 0.3) is 5.69 Å². The van der Waals surface area contributed by atoms with Gasteiger partial charge in [0.05, 0.1) is 11.5 Å². The molecule has 1 heterocycles. The fraction of sp³-hybridized carbons (Fsp3) is 0.304. The molecular formula is C23H24F3N5O3. The van der Waals surface area contributed by atoms with Crippen LogP contribution in [0.4, 0.5) is 42.0 Å². The molecule has 1 aromatic heterocycles. The number of nitrogens with zero attached hydrogens (tertiary/aromatic N) is 3. The maximum atomic E-state index is 13.5. The first-order valence-electron chi connectivity index (χ1n) is 10.7. The SMILES string of the molecule is CCCCCCOc1ccc(Nc2ncc(C(F)(F)F)c(Nc3ccc([N+](=O)[O-])cc3)n2)cc1. The summed E-state index contributed by atoms with van der Waals surface area (Å²) < 4.78 is 46.0. The van der Waals surface area contributed by atoms with Crippen LogP contribution in [0.3, 0.4) is 0 Å². The molecule has 180 valence electrons. The van der Waals surface area contributed by atoms with E-state index >= 15 is 0 Å². The Bertz CT molecular complexity index is 1090. The van der Waals surface area contributed by atoms with Crippen molar-refractivity contribution >= 4 is 28.8 Å². The highest BCUT2D eigenvalue weighted by Crippen LogP contribution is 2.35. The number of benzene rings is 2. The fourth-order valence-electron chi connectivity index (χ4n) is 3.03. The first-order valence-corrected chi connectivity index (χ1v) is 10.7. The Kier molecular flexibility index (Phi) is 8.23. The van der Waals surface area contributed by atoms with Crippen molar-refractivity contribution in [2.45, 2.75) is 38.8 Å². The van der Waals surface area contributed by atoms with Gasteiger partial charge in [0.1, 0.15) is 17.1 Å². The van der Waals surface area contributed by atoms with E-state index in [1.165, 1.54) is 30.7 Å². The zero-order valence-electron chi connectivity index (χ0n) is 18.4. The first kappa shape index (κ1) is 24.7. The van der Waals surface area contributed by atoms with Gasteiger partial charge in [0.2, 0.25) is 5.95 Å². The monoisotopic (exact) mass is 475 g/mol. The number of unbranched alkanes of at least 4 members (excludes halogenated alkanes) is 3. The number of anilines is 4. The van der Waals surface area contributed by atoms with Crippen molar-refractivity contribution in [2.75, 3.05) is 17.2 Å². The molecule has 0 unspecified atom stereocenters. The van der Waals surface area contributed by atoms with E-state index in [-0.39, 0.29) is 17.3 Å². The molecule has 34 heavy (non-hydrogen) atoms. The van der Waals surface area contributed by atoms with Gasteiger partial charge in [-0.3, -0.25) is 10.1 Å². The predicted molar refractivity (Wildman–Crippen MR) is 123 cm³/mol. The molecule has 0 amide bonds. The van der Waals surface area contributed by atoms with Crippen LogP contribution < -0.4 is 15.4 Å². The predicted octanol–water partition coefficient (Wildman–Crippen LogP) is 6.85. The molecule has 3 rings (SSSR count). The Balaban J connectivity index is 1.72. The molecule has 0 aliphatic heterocycles. The molecule has 0 radical (unpaired) electrons. The second kappa shape index (κ2) is 11.3. The normalized spacial score (nSPS) is 11.2. The summed E-state index contributed by atoms with van der Waals surface area (Å²) in [6, 6.07) is 11.9. The third-order valence-electron chi connectivity index (χ3n) is 4.81. The standard InChI is InChI=1S/C23H24F3N5O3/c1-2-3-4-5-14-34-19-12-8-17(9-13-19)29-22-27-15-20(23(24,25)26)21(30-22)28-16-6-10-18(11-7-16)31(32)33/h6-13,15H,2-5,14H2,1H3,(H2,27,28,29,30). The van der Waals surface area contributed by atoms with Crippen molar-refractivity contribution in [3.63, 3.8) is 0 Å². The van der Waals surface area contributed by atoms with Gasteiger partial charge in [-0.1, -0.05) is 26.2 Å². The number of nitro benzene ring substituents is 1. The summed E-state index contributed by atoms with van der Waals surface area (Å²) in [5, 5.41) is 16.2. The molecule has 0 aliphatic rings. The Morgan fingerprint density at radius 3 is 2.24 bits per heavy atom. The third kappa shape index (κ3) is 7.06. The molecule has 0 saturated heterocycles. The van der Waals surface area contributed by atoms with Gasteiger partial charge >= 0.3 is 6.18 Å². The molecule has 3 aromatic rings. The lowest BCUT2D eigenvalue weighted by Gasteiger charge is -2.15. The Hall–Kier alpha value is -3.89. The molecule has 0 saturated carbocycles. The summed E-state index contributed by atoms with van der Waals surface area (Å²) in [5.41, 5.74) is -0.469. The topological polar surface area (TPSA) is 102 Å². The van der Waals surface area contributed by atoms with E-state index in [0.717, 1.165) is 19.3 Å². The lowest BCUT2D eigenvalue weighted by atomic mass is 10.2. The molecule has 0 bridgehead atoms. The highest BCUT2D eigenvalue weighted by Gasteiger charge is 2.35. The van der Waals surface area contributed by atoms with Crippen molar-refractivity contribution < 1.29 is 22.8 Å². The number of ether oxygens (including phenoxy) is 1. The molecule has 11 heteroatoms. The smallest absolute Gasteiger partial charge is 0.421 e. The van der Waals surface area contributed by atoms with Gasteiger partial charge in [0.15, 0.2) is 0 Å². The summed E-state index contributed by atoms with van der Waals surface area (Å²) in [5.74, 6) is 0.160. The van der Waals surface area contributed by atoms with Gasteiger partial charge in [-0.2, -0.15) is 18.2 Å². The minimum absolute atomic E-state index is 0.0503. The van der Waals surface area contributed by atoms with E-state index in [0.29, 0.717) is 24.2 Å². The maximum Gasteiger partial charge on any atom is 0.421 e. The van der Waals surface area contributed by atoms with Crippen LogP contribution in [-0.2, 0) is 6.18 Å². The number of hydrogen-bond acceptors (Lipinski definition) is 7. The van der Waals surface area contributed by atoms with Crippen molar-refractivity contribution in [3.8, 4) is 5.75 Å².